The molecule has 0 saturated heterocycles. The average Bonchev–Trinajstić information content (AvgIpc) is 2.35. The van der Waals surface area contributed by atoms with E-state index in [9.17, 15) is 18.0 Å². The molecule has 0 heterocycles. The van der Waals surface area contributed by atoms with E-state index in [4.69, 9.17) is 15.2 Å². The third kappa shape index (κ3) is 2.81. The maximum absolute atomic E-state index is 12.7. The van der Waals surface area contributed by atoms with E-state index in [1.54, 1.807) is 0 Å². The number of rotatable bonds is 4. The summed E-state index contributed by atoms with van der Waals surface area (Å²) < 4.78 is 48.0. The van der Waals surface area contributed by atoms with Gasteiger partial charge in [0, 0.05) is 6.07 Å². The van der Waals surface area contributed by atoms with Crippen molar-refractivity contribution in [1.82, 2.24) is 0 Å². The monoisotopic (exact) mass is 277 g/mol. The number of methoxy groups -OCH3 is 2. The van der Waals surface area contributed by atoms with E-state index in [0.29, 0.717) is 12.7 Å². The second kappa shape index (κ2) is 5.08. The Morgan fingerprint density at radius 3 is 2.21 bits per heavy atom. The van der Waals surface area contributed by atoms with Gasteiger partial charge < -0.3 is 15.2 Å². The van der Waals surface area contributed by atoms with Gasteiger partial charge in [-0.25, -0.2) is 0 Å². The molecule has 0 amide bonds. The fraction of sp³-hybridized carbons (Fsp3) is 0.417. The molecule has 0 aromatic heterocycles. The van der Waals surface area contributed by atoms with Crippen molar-refractivity contribution in [3.05, 3.63) is 23.8 Å². The van der Waals surface area contributed by atoms with Crippen LogP contribution in [0.3, 0.4) is 0 Å². The van der Waals surface area contributed by atoms with Gasteiger partial charge in [-0.1, -0.05) is 0 Å². The number of ether oxygens (including phenoxy) is 2. The summed E-state index contributed by atoms with van der Waals surface area (Å²) in [5.41, 5.74) is 1.88. The second-order valence-electron chi connectivity index (χ2n) is 4.10. The largest absolute Gasteiger partial charge is 0.497 e. The maximum atomic E-state index is 12.7. The number of hydrogen-bond donors (Lipinski definition) is 1. The maximum Gasteiger partial charge on any atom is 0.413 e. The summed E-state index contributed by atoms with van der Waals surface area (Å²) in [5.74, 6) is -0.927. The molecule has 0 bridgehead atoms. The Morgan fingerprint density at radius 2 is 1.79 bits per heavy atom. The third-order valence-corrected chi connectivity index (χ3v) is 2.71. The summed E-state index contributed by atoms with van der Waals surface area (Å²) in [6, 6.07) is 3.87. The van der Waals surface area contributed by atoms with Crippen molar-refractivity contribution in [3.8, 4) is 11.5 Å². The Bertz CT molecular complexity index is 484. The fourth-order valence-corrected chi connectivity index (χ4v) is 1.39. The van der Waals surface area contributed by atoms with E-state index in [1.807, 2.05) is 0 Å². The molecule has 1 rings (SSSR count). The molecule has 0 spiro atoms. The minimum Gasteiger partial charge on any atom is -0.497 e. The zero-order valence-electron chi connectivity index (χ0n) is 10.7. The number of carbonyl (C=O) groups is 1. The predicted molar refractivity (Wildman–Crippen MR) is 62.5 cm³/mol. The molecule has 1 aromatic rings. The highest BCUT2D eigenvalue weighted by atomic mass is 19.4. The standard InChI is InChI=1S/C12H14F3NO3/c1-11(16,12(13,14)15)10(17)8-5-4-7(18-2)6-9(8)19-3/h4-6H,16H2,1-3H3. The Kier molecular flexibility index (Phi) is 4.09. The molecular weight excluding hydrogens is 263 g/mol. The van der Waals surface area contributed by atoms with Gasteiger partial charge in [-0.05, 0) is 19.1 Å². The van der Waals surface area contributed by atoms with Crippen LogP contribution in [-0.4, -0.2) is 31.7 Å². The van der Waals surface area contributed by atoms with Gasteiger partial charge in [0.2, 0.25) is 0 Å². The lowest BCUT2D eigenvalue weighted by Crippen LogP contribution is -2.57. The van der Waals surface area contributed by atoms with E-state index in [1.165, 1.54) is 32.4 Å². The number of alkyl halides is 3. The first-order valence-corrected chi connectivity index (χ1v) is 5.27. The van der Waals surface area contributed by atoms with E-state index in [2.05, 4.69) is 0 Å². The molecule has 0 fully saturated rings. The van der Waals surface area contributed by atoms with Crippen molar-refractivity contribution < 1.29 is 27.4 Å². The van der Waals surface area contributed by atoms with Crippen LogP contribution in [0.15, 0.2) is 18.2 Å². The van der Waals surface area contributed by atoms with E-state index in [0.717, 1.165) is 0 Å². The predicted octanol–water partition coefficient (Wildman–Crippen LogP) is 2.17. The number of nitrogens with two attached hydrogens (primary N) is 1. The van der Waals surface area contributed by atoms with Crippen molar-refractivity contribution in [2.75, 3.05) is 14.2 Å². The quantitative estimate of drug-likeness (QED) is 0.857. The van der Waals surface area contributed by atoms with Crippen LogP contribution in [0.4, 0.5) is 13.2 Å². The topological polar surface area (TPSA) is 61.5 Å². The highest BCUT2D eigenvalue weighted by Gasteiger charge is 2.54. The molecule has 0 radical (unpaired) electrons. The van der Waals surface area contributed by atoms with Crippen LogP contribution in [0.2, 0.25) is 0 Å². The Balaban J connectivity index is 3.27. The smallest absolute Gasteiger partial charge is 0.413 e. The number of hydrogen-bond acceptors (Lipinski definition) is 4. The molecule has 1 unspecified atom stereocenters. The molecule has 0 aliphatic heterocycles. The fourth-order valence-electron chi connectivity index (χ4n) is 1.39. The van der Waals surface area contributed by atoms with Crippen LogP contribution in [-0.2, 0) is 0 Å². The molecule has 4 nitrogen and oxygen atoms in total. The summed E-state index contributed by atoms with van der Waals surface area (Å²) in [7, 11) is 2.63. The van der Waals surface area contributed by atoms with Crippen molar-refractivity contribution in [2.45, 2.75) is 18.6 Å². The van der Waals surface area contributed by atoms with Crippen LogP contribution in [0.5, 0.6) is 11.5 Å². The molecule has 0 aliphatic carbocycles. The third-order valence-electron chi connectivity index (χ3n) is 2.71. The molecule has 1 atom stereocenters. The SMILES string of the molecule is COc1ccc(C(=O)C(C)(N)C(F)(F)F)c(OC)c1. The zero-order chi connectivity index (χ0) is 14.8. The van der Waals surface area contributed by atoms with Gasteiger partial charge in [-0.3, -0.25) is 4.79 Å². The summed E-state index contributed by atoms with van der Waals surface area (Å²) >= 11 is 0. The first kappa shape index (κ1) is 15.3. The van der Waals surface area contributed by atoms with Crippen molar-refractivity contribution in [3.63, 3.8) is 0 Å². The molecule has 19 heavy (non-hydrogen) atoms. The Morgan fingerprint density at radius 1 is 1.21 bits per heavy atom. The van der Waals surface area contributed by atoms with E-state index >= 15 is 0 Å². The second-order valence-corrected chi connectivity index (χ2v) is 4.10. The lowest BCUT2D eigenvalue weighted by Gasteiger charge is -2.26. The van der Waals surface area contributed by atoms with Crippen LogP contribution in [0.25, 0.3) is 0 Å². The first-order chi connectivity index (χ1) is 8.65. The number of carbonyl (C=O) groups excluding carboxylic acids is 1. The highest BCUT2D eigenvalue weighted by Crippen LogP contribution is 2.34. The highest BCUT2D eigenvalue weighted by molar-refractivity contribution is 6.05. The minimum atomic E-state index is -4.85. The summed E-state index contributed by atoms with van der Waals surface area (Å²) in [6.45, 7) is 0.624. The van der Waals surface area contributed by atoms with Gasteiger partial charge in [0.25, 0.3) is 0 Å². The van der Waals surface area contributed by atoms with Gasteiger partial charge in [-0.15, -0.1) is 0 Å². The molecule has 7 heteroatoms. The van der Waals surface area contributed by atoms with Crippen LogP contribution >= 0.6 is 0 Å². The molecule has 1 aromatic carbocycles. The van der Waals surface area contributed by atoms with Crippen molar-refractivity contribution in [2.24, 2.45) is 5.73 Å². The van der Waals surface area contributed by atoms with Gasteiger partial charge in [0.1, 0.15) is 11.5 Å². The average molecular weight is 277 g/mol. The van der Waals surface area contributed by atoms with Gasteiger partial charge in [-0.2, -0.15) is 13.2 Å². The van der Waals surface area contributed by atoms with E-state index < -0.39 is 17.5 Å². The van der Waals surface area contributed by atoms with Crippen LogP contribution in [0, 0.1) is 0 Å². The minimum absolute atomic E-state index is 0.0229. The lowest BCUT2D eigenvalue weighted by molar-refractivity contribution is -0.165. The number of ketones is 1. The zero-order valence-corrected chi connectivity index (χ0v) is 10.7. The van der Waals surface area contributed by atoms with Crippen LogP contribution < -0.4 is 15.2 Å². The molecule has 0 saturated carbocycles. The summed E-state index contributed by atoms with van der Waals surface area (Å²) in [6.07, 6.45) is -4.85. The van der Waals surface area contributed by atoms with Crippen molar-refractivity contribution in [1.29, 1.82) is 0 Å². The number of Topliss-reactive ketones (excluding diaryl/α,β-unsaturated/α-hetero) is 1. The number of halogens is 3. The molecular formula is C12H14F3NO3. The van der Waals surface area contributed by atoms with Crippen molar-refractivity contribution >= 4 is 5.78 Å². The lowest BCUT2D eigenvalue weighted by atomic mass is 9.91. The van der Waals surface area contributed by atoms with E-state index in [-0.39, 0.29) is 11.3 Å². The summed E-state index contributed by atoms with van der Waals surface area (Å²) in [4.78, 5) is 11.9. The normalized spacial score (nSPS) is 14.7. The van der Waals surface area contributed by atoms with Gasteiger partial charge in [0.05, 0.1) is 19.8 Å². The Hall–Kier alpha value is -1.76. The summed E-state index contributed by atoms with van der Waals surface area (Å²) in [5, 5.41) is 0. The molecule has 0 aliphatic rings. The van der Waals surface area contributed by atoms with Gasteiger partial charge in [0.15, 0.2) is 11.3 Å². The Labute approximate surface area is 108 Å². The van der Waals surface area contributed by atoms with Crippen LogP contribution in [0.1, 0.15) is 17.3 Å². The number of benzene rings is 1. The first-order valence-electron chi connectivity index (χ1n) is 5.27. The molecule has 2 N–H and O–H groups in total. The molecule has 106 valence electrons. The van der Waals surface area contributed by atoms with Gasteiger partial charge >= 0.3 is 6.18 Å².